The molecular formula is C23H21BrFN3O4S. The van der Waals surface area contributed by atoms with Crippen molar-refractivity contribution in [2.45, 2.75) is 11.8 Å². The van der Waals surface area contributed by atoms with Crippen molar-refractivity contribution in [3.05, 3.63) is 88.1 Å². The average molecular weight is 534 g/mol. The van der Waals surface area contributed by atoms with E-state index in [2.05, 4.69) is 26.5 Å². The van der Waals surface area contributed by atoms with Crippen LogP contribution in [0.3, 0.4) is 0 Å². The van der Waals surface area contributed by atoms with Crippen LogP contribution in [-0.2, 0) is 14.8 Å². The van der Waals surface area contributed by atoms with E-state index in [0.29, 0.717) is 11.3 Å². The number of hydrogen-bond donors (Lipinski definition) is 1. The third-order valence-electron chi connectivity index (χ3n) is 4.60. The molecule has 3 rings (SSSR count). The Labute approximate surface area is 200 Å². The fourth-order valence-electron chi connectivity index (χ4n) is 2.91. The zero-order valence-corrected chi connectivity index (χ0v) is 20.2. The Morgan fingerprint density at radius 2 is 1.79 bits per heavy atom. The number of nitrogens with zero attached hydrogens (tertiary/aromatic N) is 2. The van der Waals surface area contributed by atoms with Crippen molar-refractivity contribution in [2.24, 2.45) is 5.10 Å². The van der Waals surface area contributed by atoms with Crippen LogP contribution in [-0.4, -0.2) is 34.2 Å². The van der Waals surface area contributed by atoms with Gasteiger partial charge >= 0.3 is 0 Å². The molecule has 0 atom stereocenters. The number of nitrogens with one attached hydrogen (secondary N) is 1. The Bertz CT molecular complexity index is 1260. The molecule has 33 heavy (non-hydrogen) atoms. The largest absolute Gasteiger partial charge is 0.496 e. The van der Waals surface area contributed by atoms with Gasteiger partial charge in [0, 0.05) is 10.0 Å². The van der Waals surface area contributed by atoms with Crippen LogP contribution in [0.25, 0.3) is 0 Å². The molecule has 1 N–H and O–H groups in total. The summed E-state index contributed by atoms with van der Waals surface area (Å²) in [6.45, 7) is 1.27. The van der Waals surface area contributed by atoms with Gasteiger partial charge in [-0.3, -0.25) is 9.10 Å². The molecule has 0 unspecified atom stereocenters. The summed E-state index contributed by atoms with van der Waals surface area (Å²) >= 11 is 3.35. The lowest BCUT2D eigenvalue weighted by Crippen LogP contribution is -2.39. The Morgan fingerprint density at radius 3 is 2.42 bits per heavy atom. The first-order valence-corrected chi connectivity index (χ1v) is 11.9. The summed E-state index contributed by atoms with van der Waals surface area (Å²) in [7, 11) is -2.59. The standard InChI is InChI=1S/C23H21BrFN3O4S/c1-16-3-10-21(11-4-16)33(30,31)28(20-8-6-19(25)7-9-20)15-23(29)27-26-14-17-13-18(24)5-12-22(17)32-2/h3-14H,15H2,1-2H3,(H,27,29)/b26-14+. The predicted molar refractivity (Wildman–Crippen MR) is 129 cm³/mol. The molecule has 0 spiro atoms. The summed E-state index contributed by atoms with van der Waals surface area (Å²) in [5.74, 6) is -0.658. The third kappa shape index (κ3) is 6.17. The molecule has 0 radical (unpaired) electrons. The maximum Gasteiger partial charge on any atom is 0.264 e. The van der Waals surface area contributed by atoms with Crippen LogP contribution in [0.5, 0.6) is 5.75 Å². The van der Waals surface area contributed by atoms with Gasteiger partial charge in [-0.05, 0) is 61.5 Å². The van der Waals surface area contributed by atoms with E-state index in [4.69, 9.17) is 4.74 Å². The number of carbonyl (C=O) groups is 1. The van der Waals surface area contributed by atoms with Gasteiger partial charge in [0.25, 0.3) is 15.9 Å². The van der Waals surface area contributed by atoms with Gasteiger partial charge in [0.1, 0.15) is 18.1 Å². The Balaban J connectivity index is 1.84. The first-order chi connectivity index (χ1) is 15.7. The van der Waals surface area contributed by atoms with Crippen molar-refractivity contribution in [1.82, 2.24) is 5.43 Å². The van der Waals surface area contributed by atoms with Crippen molar-refractivity contribution in [2.75, 3.05) is 18.0 Å². The highest BCUT2D eigenvalue weighted by molar-refractivity contribution is 9.10. The van der Waals surface area contributed by atoms with Gasteiger partial charge < -0.3 is 4.74 Å². The number of hydrogen-bond acceptors (Lipinski definition) is 5. The Hall–Kier alpha value is -3.24. The monoisotopic (exact) mass is 533 g/mol. The van der Waals surface area contributed by atoms with Crippen LogP contribution < -0.4 is 14.5 Å². The summed E-state index contributed by atoms with van der Waals surface area (Å²) in [6.07, 6.45) is 1.39. The molecule has 10 heteroatoms. The van der Waals surface area contributed by atoms with Gasteiger partial charge in [0.2, 0.25) is 0 Å². The number of carbonyl (C=O) groups excluding carboxylic acids is 1. The molecule has 0 aliphatic carbocycles. The highest BCUT2D eigenvalue weighted by Gasteiger charge is 2.27. The van der Waals surface area contributed by atoms with Gasteiger partial charge in [0.05, 0.1) is 23.9 Å². The van der Waals surface area contributed by atoms with E-state index in [1.807, 2.05) is 6.92 Å². The Morgan fingerprint density at radius 1 is 1.12 bits per heavy atom. The number of halogens is 2. The fourth-order valence-corrected chi connectivity index (χ4v) is 4.71. The number of amides is 1. The molecule has 7 nitrogen and oxygen atoms in total. The number of ether oxygens (including phenoxy) is 1. The van der Waals surface area contributed by atoms with E-state index in [9.17, 15) is 17.6 Å². The van der Waals surface area contributed by atoms with Gasteiger partial charge in [-0.15, -0.1) is 0 Å². The first kappa shape index (κ1) is 24.4. The summed E-state index contributed by atoms with van der Waals surface area (Å²) in [5.41, 5.74) is 3.96. The van der Waals surface area contributed by atoms with Gasteiger partial charge in [-0.1, -0.05) is 33.6 Å². The lowest BCUT2D eigenvalue weighted by molar-refractivity contribution is -0.119. The van der Waals surface area contributed by atoms with Gasteiger partial charge in [0.15, 0.2) is 0 Å². The summed E-state index contributed by atoms with van der Waals surface area (Å²) in [6, 6.07) is 16.4. The molecule has 3 aromatic carbocycles. The summed E-state index contributed by atoms with van der Waals surface area (Å²) in [4.78, 5) is 12.6. The molecule has 0 saturated carbocycles. The van der Waals surface area contributed by atoms with E-state index < -0.39 is 28.3 Å². The summed E-state index contributed by atoms with van der Waals surface area (Å²) in [5, 5.41) is 3.91. The quantitative estimate of drug-likeness (QED) is 0.346. The first-order valence-electron chi connectivity index (χ1n) is 9.71. The normalized spacial score (nSPS) is 11.4. The molecule has 172 valence electrons. The number of sulfonamides is 1. The molecule has 0 fully saturated rings. The number of methoxy groups -OCH3 is 1. The van der Waals surface area contributed by atoms with Gasteiger partial charge in [-0.2, -0.15) is 5.10 Å². The minimum Gasteiger partial charge on any atom is -0.496 e. The second-order valence-electron chi connectivity index (χ2n) is 6.98. The molecule has 0 aromatic heterocycles. The topological polar surface area (TPSA) is 88.1 Å². The molecule has 1 amide bonds. The molecule has 0 heterocycles. The molecule has 0 saturated heterocycles. The average Bonchev–Trinajstić information content (AvgIpc) is 2.78. The van der Waals surface area contributed by atoms with Crippen molar-refractivity contribution in [3.8, 4) is 5.75 Å². The molecule has 0 bridgehead atoms. The molecule has 3 aromatic rings. The smallest absolute Gasteiger partial charge is 0.264 e. The van der Waals surface area contributed by atoms with E-state index in [-0.39, 0.29) is 10.6 Å². The number of hydrazone groups is 1. The van der Waals surface area contributed by atoms with Crippen LogP contribution in [0.15, 0.2) is 81.2 Å². The van der Waals surface area contributed by atoms with Crippen LogP contribution in [0, 0.1) is 12.7 Å². The molecule has 0 aliphatic heterocycles. The second-order valence-corrected chi connectivity index (χ2v) is 9.76. The highest BCUT2D eigenvalue weighted by Crippen LogP contribution is 2.24. The summed E-state index contributed by atoms with van der Waals surface area (Å²) < 4.78 is 46.9. The second kappa shape index (κ2) is 10.6. The highest BCUT2D eigenvalue weighted by atomic mass is 79.9. The van der Waals surface area contributed by atoms with Crippen molar-refractivity contribution >= 4 is 43.8 Å². The minimum absolute atomic E-state index is 0.00704. The zero-order chi connectivity index (χ0) is 24.0. The van der Waals surface area contributed by atoms with Crippen LogP contribution in [0.1, 0.15) is 11.1 Å². The van der Waals surface area contributed by atoms with Crippen molar-refractivity contribution < 1.29 is 22.3 Å². The number of aryl methyl sites for hydroxylation is 1. The van der Waals surface area contributed by atoms with Crippen LogP contribution in [0.4, 0.5) is 10.1 Å². The lowest BCUT2D eigenvalue weighted by Gasteiger charge is -2.23. The predicted octanol–water partition coefficient (Wildman–Crippen LogP) is 4.25. The SMILES string of the molecule is COc1ccc(Br)cc1/C=N/NC(=O)CN(c1ccc(F)cc1)S(=O)(=O)c1ccc(C)cc1. The van der Waals surface area contributed by atoms with E-state index >= 15 is 0 Å². The fraction of sp³-hybridized carbons (Fsp3) is 0.130. The number of benzene rings is 3. The molecule has 0 aliphatic rings. The number of anilines is 1. The van der Waals surface area contributed by atoms with E-state index in [1.165, 1.54) is 37.6 Å². The van der Waals surface area contributed by atoms with Crippen LogP contribution in [0.2, 0.25) is 0 Å². The van der Waals surface area contributed by atoms with Gasteiger partial charge in [-0.25, -0.2) is 18.2 Å². The number of rotatable bonds is 8. The van der Waals surface area contributed by atoms with Crippen LogP contribution >= 0.6 is 15.9 Å². The van der Waals surface area contributed by atoms with E-state index in [1.54, 1.807) is 30.3 Å². The molecular weight excluding hydrogens is 513 g/mol. The van der Waals surface area contributed by atoms with Crippen molar-refractivity contribution in [1.29, 1.82) is 0 Å². The van der Waals surface area contributed by atoms with E-state index in [0.717, 1.165) is 26.5 Å². The maximum absolute atomic E-state index is 13.4. The lowest BCUT2D eigenvalue weighted by atomic mass is 10.2. The maximum atomic E-state index is 13.4. The zero-order valence-electron chi connectivity index (χ0n) is 17.8. The Kier molecular flexibility index (Phi) is 7.83. The van der Waals surface area contributed by atoms with Crippen molar-refractivity contribution in [3.63, 3.8) is 0 Å². The minimum atomic E-state index is -4.10. The third-order valence-corrected chi connectivity index (χ3v) is 6.88.